The third kappa shape index (κ3) is 2.48. The van der Waals surface area contributed by atoms with Crippen LogP contribution in [0.5, 0.6) is 0 Å². The Bertz CT molecular complexity index is 300. The van der Waals surface area contributed by atoms with Crippen LogP contribution in [0.15, 0.2) is 0 Å². The van der Waals surface area contributed by atoms with Crippen molar-refractivity contribution in [3.8, 4) is 0 Å². The molecule has 102 valence electrons. The van der Waals surface area contributed by atoms with Crippen LogP contribution < -0.4 is 5.32 Å². The number of amides is 2. The lowest BCUT2D eigenvalue weighted by atomic mass is 9.78. The second-order valence-electron chi connectivity index (χ2n) is 5.96. The summed E-state index contributed by atoms with van der Waals surface area (Å²) < 4.78 is 5.32. The van der Waals surface area contributed by atoms with Crippen LogP contribution in [0, 0.1) is 5.92 Å². The number of hydrogen-bond acceptors (Lipinski definition) is 2. The standard InChI is InChI=1S/C14H24N2O2/c17-14(15-12-7-9-18-10-12)16-8-3-5-11-4-1-2-6-13(11)16/h11-13H,1-10H2,(H,15,17). The minimum Gasteiger partial charge on any atom is -0.379 e. The van der Waals surface area contributed by atoms with Crippen molar-refractivity contribution in [3.05, 3.63) is 0 Å². The number of urea groups is 1. The molecule has 1 N–H and O–H groups in total. The fourth-order valence-corrected chi connectivity index (χ4v) is 3.78. The van der Waals surface area contributed by atoms with Crippen molar-refractivity contribution in [1.29, 1.82) is 0 Å². The van der Waals surface area contributed by atoms with Gasteiger partial charge in [0.15, 0.2) is 0 Å². The molecule has 2 heterocycles. The molecule has 3 atom stereocenters. The number of nitrogens with zero attached hydrogens (tertiary/aromatic N) is 1. The quantitative estimate of drug-likeness (QED) is 0.777. The smallest absolute Gasteiger partial charge is 0.317 e. The van der Waals surface area contributed by atoms with Gasteiger partial charge in [-0.1, -0.05) is 12.8 Å². The Morgan fingerprint density at radius 2 is 1.94 bits per heavy atom. The predicted molar refractivity (Wildman–Crippen MR) is 69.4 cm³/mol. The summed E-state index contributed by atoms with van der Waals surface area (Å²) in [6.07, 6.45) is 8.63. The van der Waals surface area contributed by atoms with Gasteiger partial charge in [-0.15, -0.1) is 0 Å². The molecule has 3 fully saturated rings. The Kier molecular flexibility index (Phi) is 3.73. The maximum Gasteiger partial charge on any atom is 0.317 e. The summed E-state index contributed by atoms with van der Waals surface area (Å²) in [6, 6.07) is 0.901. The van der Waals surface area contributed by atoms with Gasteiger partial charge in [-0.25, -0.2) is 4.79 Å². The Balaban J connectivity index is 1.60. The highest BCUT2D eigenvalue weighted by atomic mass is 16.5. The van der Waals surface area contributed by atoms with Crippen molar-refractivity contribution in [2.75, 3.05) is 19.8 Å². The van der Waals surface area contributed by atoms with Crippen LogP contribution in [-0.4, -0.2) is 42.8 Å². The topological polar surface area (TPSA) is 41.6 Å². The molecule has 1 aliphatic carbocycles. The third-order valence-electron chi connectivity index (χ3n) is 4.76. The Morgan fingerprint density at radius 3 is 2.78 bits per heavy atom. The number of carbonyl (C=O) groups is 1. The molecule has 3 rings (SSSR count). The van der Waals surface area contributed by atoms with Gasteiger partial charge in [0.2, 0.25) is 0 Å². The molecule has 0 aromatic carbocycles. The van der Waals surface area contributed by atoms with Crippen molar-refractivity contribution in [3.63, 3.8) is 0 Å². The van der Waals surface area contributed by atoms with Crippen LogP contribution in [0.1, 0.15) is 44.9 Å². The number of piperidine rings is 1. The van der Waals surface area contributed by atoms with E-state index in [1.54, 1.807) is 0 Å². The minimum atomic E-state index is 0.155. The van der Waals surface area contributed by atoms with Gasteiger partial charge in [0.1, 0.15) is 0 Å². The molecular formula is C14H24N2O2. The fraction of sp³-hybridized carbons (Fsp3) is 0.929. The number of nitrogens with one attached hydrogen (secondary N) is 1. The first kappa shape index (κ1) is 12.3. The zero-order valence-electron chi connectivity index (χ0n) is 11.1. The van der Waals surface area contributed by atoms with Gasteiger partial charge in [0, 0.05) is 19.2 Å². The highest BCUT2D eigenvalue weighted by Crippen LogP contribution is 2.35. The summed E-state index contributed by atoms with van der Waals surface area (Å²) in [5.74, 6) is 0.762. The largest absolute Gasteiger partial charge is 0.379 e. The average Bonchev–Trinajstić information content (AvgIpc) is 2.91. The molecule has 0 radical (unpaired) electrons. The van der Waals surface area contributed by atoms with Crippen molar-refractivity contribution in [2.45, 2.75) is 57.0 Å². The van der Waals surface area contributed by atoms with E-state index in [0.29, 0.717) is 12.6 Å². The molecule has 3 aliphatic rings. The molecule has 18 heavy (non-hydrogen) atoms. The van der Waals surface area contributed by atoms with E-state index >= 15 is 0 Å². The first-order valence-corrected chi connectivity index (χ1v) is 7.49. The maximum absolute atomic E-state index is 12.4. The first-order valence-electron chi connectivity index (χ1n) is 7.49. The van der Waals surface area contributed by atoms with Gasteiger partial charge in [0.25, 0.3) is 0 Å². The van der Waals surface area contributed by atoms with Gasteiger partial charge in [0.05, 0.1) is 12.6 Å². The number of ether oxygens (including phenoxy) is 1. The molecule has 4 heteroatoms. The highest BCUT2D eigenvalue weighted by Gasteiger charge is 2.36. The van der Waals surface area contributed by atoms with Crippen LogP contribution in [0.2, 0.25) is 0 Å². The summed E-state index contributed by atoms with van der Waals surface area (Å²) in [5, 5.41) is 3.14. The number of carbonyl (C=O) groups excluding carboxylic acids is 1. The summed E-state index contributed by atoms with van der Waals surface area (Å²) in [5.41, 5.74) is 0. The average molecular weight is 252 g/mol. The normalized spacial score (nSPS) is 36.2. The number of rotatable bonds is 1. The molecule has 0 spiro atoms. The van der Waals surface area contributed by atoms with Crippen LogP contribution in [0.25, 0.3) is 0 Å². The number of likely N-dealkylation sites (tertiary alicyclic amines) is 1. The van der Waals surface area contributed by atoms with Gasteiger partial charge in [-0.3, -0.25) is 0 Å². The lowest BCUT2D eigenvalue weighted by molar-refractivity contribution is 0.0821. The van der Waals surface area contributed by atoms with Crippen molar-refractivity contribution in [2.24, 2.45) is 5.92 Å². The van der Waals surface area contributed by atoms with Crippen LogP contribution >= 0.6 is 0 Å². The molecule has 2 amide bonds. The Hall–Kier alpha value is -0.770. The van der Waals surface area contributed by atoms with E-state index in [1.807, 2.05) is 0 Å². The third-order valence-corrected chi connectivity index (χ3v) is 4.76. The fourth-order valence-electron chi connectivity index (χ4n) is 3.78. The molecule has 0 aromatic heterocycles. The first-order chi connectivity index (χ1) is 8.84. The lowest BCUT2D eigenvalue weighted by Crippen LogP contribution is -2.54. The number of hydrogen-bond donors (Lipinski definition) is 1. The van der Waals surface area contributed by atoms with E-state index in [-0.39, 0.29) is 12.1 Å². The minimum absolute atomic E-state index is 0.155. The van der Waals surface area contributed by atoms with Crippen molar-refractivity contribution in [1.82, 2.24) is 10.2 Å². The van der Waals surface area contributed by atoms with Gasteiger partial charge < -0.3 is 15.0 Å². The molecule has 1 saturated carbocycles. The van der Waals surface area contributed by atoms with Gasteiger partial charge >= 0.3 is 6.03 Å². The van der Waals surface area contributed by atoms with Gasteiger partial charge in [-0.05, 0) is 38.0 Å². The molecular weight excluding hydrogens is 228 g/mol. The molecule has 0 aromatic rings. The monoisotopic (exact) mass is 252 g/mol. The van der Waals surface area contributed by atoms with Crippen LogP contribution in [0.3, 0.4) is 0 Å². The van der Waals surface area contributed by atoms with E-state index in [2.05, 4.69) is 10.2 Å². The summed E-state index contributed by atoms with van der Waals surface area (Å²) >= 11 is 0. The second-order valence-corrected chi connectivity index (χ2v) is 5.96. The summed E-state index contributed by atoms with van der Waals surface area (Å²) in [4.78, 5) is 14.5. The Labute approximate surface area is 109 Å². The van der Waals surface area contributed by atoms with Gasteiger partial charge in [-0.2, -0.15) is 0 Å². The molecule has 4 nitrogen and oxygen atoms in total. The van der Waals surface area contributed by atoms with E-state index < -0.39 is 0 Å². The molecule has 2 aliphatic heterocycles. The van der Waals surface area contributed by atoms with E-state index in [9.17, 15) is 4.79 Å². The maximum atomic E-state index is 12.4. The lowest BCUT2D eigenvalue weighted by Gasteiger charge is -2.44. The second kappa shape index (κ2) is 5.47. The van der Waals surface area contributed by atoms with Crippen molar-refractivity contribution >= 4 is 6.03 Å². The van der Waals surface area contributed by atoms with E-state index in [0.717, 1.165) is 25.5 Å². The van der Waals surface area contributed by atoms with Crippen LogP contribution in [-0.2, 0) is 4.74 Å². The van der Waals surface area contributed by atoms with Crippen molar-refractivity contribution < 1.29 is 9.53 Å². The van der Waals surface area contributed by atoms with Crippen LogP contribution in [0.4, 0.5) is 4.79 Å². The predicted octanol–water partition coefficient (Wildman–Crippen LogP) is 2.14. The zero-order valence-corrected chi connectivity index (χ0v) is 11.1. The summed E-state index contributed by atoms with van der Waals surface area (Å²) in [7, 11) is 0. The van der Waals surface area contributed by atoms with E-state index in [4.69, 9.17) is 4.74 Å². The van der Waals surface area contributed by atoms with E-state index in [1.165, 1.54) is 38.5 Å². The molecule has 2 saturated heterocycles. The molecule has 3 unspecified atom stereocenters. The Morgan fingerprint density at radius 1 is 1.11 bits per heavy atom. The molecule has 0 bridgehead atoms. The SMILES string of the molecule is O=C(NC1CCOC1)N1CCCC2CCCCC21. The number of fused-ring (bicyclic) bond motifs is 1. The highest BCUT2D eigenvalue weighted by molar-refractivity contribution is 5.75. The zero-order chi connectivity index (χ0) is 12.4. The summed E-state index contributed by atoms with van der Waals surface area (Å²) in [6.45, 7) is 2.42.